The Hall–Kier alpha value is -3.85. The van der Waals surface area contributed by atoms with Crippen LogP contribution in [0.25, 0.3) is 11.0 Å². The number of fused-ring (bicyclic) bond motifs is 1. The van der Waals surface area contributed by atoms with Gasteiger partial charge in [-0.15, -0.1) is 0 Å². The summed E-state index contributed by atoms with van der Waals surface area (Å²) in [7, 11) is 0. The highest BCUT2D eigenvalue weighted by Crippen LogP contribution is 2.33. The van der Waals surface area contributed by atoms with Gasteiger partial charge in [0.2, 0.25) is 0 Å². The molecule has 0 saturated carbocycles. The largest absolute Gasteiger partial charge is 0.417 e. The van der Waals surface area contributed by atoms with Crippen molar-refractivity contribution < 1.29 is 22.8 Å². The van der Waals surface area contributed by atoms with Gasteiger partial charge in [0, 0.05) is 16.4 Å². The Bertz CT molecular complexity index is 1430. The Kier molecular flexibility index (Phi) is 6.05. The smallest absolute Gasteiger partial charge is 0.342 e. The molecule has 3 aromatic carbocycles. The van der Waals surface area contributed by atoms with Gasteiger partial charge >= 0.3 is 6.18 Å². The molecule has 34 heavy (non-hydrogen) atoms. The van der Waals surface area contributed by atoms with Crippen molar-refractivity contribution in [2.75, 3.05) is 10.6 Å². The molecule has 0 saturated heterocycles. The first-order valence-electron chi connectivity index (χ1n) is 10.1. The minimum atomic E-state index is -4.70. The summed E-state index contributed by atoms with van der Waals surface area (Å²) in [5, 5.41) is 5.71. The fourth-order valence-corrected chi connectivity index (χ4v) is 3.72. The monoisotopic (exact) mass is 486 g/mol. The van der Waals surface area contributed by atoms with Gasteiger partial charge in [-0.3, -0.25) is 9.59 Å². The zero-order valence-electron chi connectivity index (χ0n) is 18.0. The lowest BCUT2D eigenvalue weighted by Gasteiger charge is -2.14. The van der Waals surface area contributed by atoms with Gasteiger partial charge in [0.05, 0.1) is 22.2 Å². The van der Waals surface area contributed by atoms with Crippen molar-refractivity contribution in [3.8, 4) is 0 Å². The van der Waals surface area contributed by atoms with Crippen LogP contribution in [0.2, 0.25) is 5.02 Å². The van der Waals surface area contributed by atoms with E-state index in [2.05, 4.69) is 20.6 Å². The number of imidazole rings is 1. The number of carbonyl (C=O) groups is 2. The number of aryl methyl sites for hydroxylation is 1. The maximum Gasteiger partial charge on any atom is 0.417 e. The van der Waals surface area contributed by atoms with Crippen LogP contribution in [-0.4, -0.2) is 21.8 Å². The molecule has 0 bridgehead atoms. The first kappa shape index (κ1) is 23.3. The van der Waals surface area contributed by atoms with Crippen molar-refractivity contribution in [3.63, 3.8) is 0 Å². The number of H-pyrrole nitrogens is 1. The number of anilines is 2. The summed E-state index contributed by atoms with van der Waals surface area (Å²) in [4.78, 5) is 33.2. The molecule has 4 rings (SSSR count). The summed E-state index contributed by atoms with van der Waals surface area (Å²) in [6, 6.07) is 12.4. The van der Waals surface area contributed by atoms with Crippen LogP contribution in [0.3, 0.4) is 0 Å². The van der Waals surface area contributed by atoms with Crippen LogP contribution in [0.1, 0.15) is 37.7 Å². The number of rotatable bonds is 4. The van der Waals surface area contributed by atoms with E-state index in [-0.39, 0.29) is 11.3 Å². The summed E-state index contributed by atoms with van der Waals surface area (Å²) in [5.74, 6) is -0.955. The van der Waals surface area contributed by atoms with Crippen molar-refractivity contribution >= 4 is 45.8 Å². The minimum Gasteiger partial charge on any atom is -0.342 e. The SMILES string of the molecule is Cc1nc2c(C(=O)Nc3cccc(Cl)c3C)cc(NC(=O)c3ccccc3C(F)(F)F)cc2[nH]1. The summed E-state index contributed by atoms with van der Waals surface area (Å²) in [6.07, 6.45) is -4.70. The third kappa shape index (κ3) is 4.60. The summed E-state index contributed by atoms with van der Waals surface area (Å²) in [6.45, 7) is 3.45. The van der Waals surface area contributed by atoms with Gasteiger partial charge in [0.1, 0.15) is 11.3 Å². The zero-order valence-corrected chi connectivity index (χ0v) is 18.7. The molecule has 0 aliphatic heterocycles. The molecule has 3 N–H and O–H groups in total. The molecule has 0 unspecified atom stereocenters. The van der Waals surface area contributed by atoms with Crippen LogP contribution >= 0.6 is 11.6 Å². The van der Waals surface area contributed by atoms with Crippen molar-refractivity contribution in [3.05, 3.63) is 87.7 Å². The van der Waals surface area contributed by atoms with Crippen LogP contribution in [0.4, 0.5) is 24.5 Å². The van der Waals surface area contributed by atoms with Gasteiger partial charge in [-0.05, 0) is 55.8 Å². The van der Waals surface area contributed by atoms with E-state index >= 15 is 0 Å². The second-order valence-corrected chi connectivity index (χ2v) is 8.01. The maximum atomic E-state index is 13.3. The van der Waals surface area contributed by atoms with Crippen LogP contribution < -0.4 is 10.6 Å². The van der Waals surface area contributed by atoms with E-state index < -0.39 is 29.1 Å². The zero-order chi connectivity index (χ0) is 24.6. The number of carbonyl (C=O) groups excluding carboxylic acids is 2. The standard InChI is InChI=1S/C24H18ClF3N4O2/c1-12-18(25)8-5-9-19(12)32-23(34)16-10-14(11-20-21(16)30-13(2)29-20)31-22(33)15-6-3-4-7-17(15)24(26,27)28/h3-11H,1-2H3,(H,29,30)(H,31,33)(H,32,34). The molecule has 0 spiro atoms. The van der Waals surface area contributed by atoms with E-state index in [1.165, 1.54) is 24.3 Å². The molecule has 0 aliphatic rings. The predicted octanol–water partition coefficient (Wildman–Crippen LogP) is 6.36. The maximum absolute atomic E-state index is 13.3. The molecule has 1 aromatic heterocycles. The summed E-state index contributed by atoms with van der Waals surface area (Å²) < 4.78 is 40.0. The number of halogens is 4. The molecule has 174 valence electrons. The molecule has 1 heterocycles. The fourth-order valence-electron chi connectivity index (χ4n) is 3.55. The molecular formula is C24H18ClF3N4O2. The van der Waals surface area contributed by atoms with Gasteiger partial charge in [0.15, 0.2) is 0 Å². The number of aromatic nitrogens is 2. The Morgan fingerprint density at radius 2 is 1.65 bits per heavy atom. The molecule has 0 atom stereocenters. The molecule has 6 nitrogen and oxygen atoms in total. The van der Waals surface area contributed by atoms with E-state index in [0.29, 0.717) is 33.1 Å². The van der Waals surface area contributed by atoms with Crippen molar-refractivity contribution in [2.45, 2.75) is 20.0 Å². The number of amides is 2. The number of aromatic amines is 1. The summed E-state index contributed by atoms with van der Waals surface area (Å²) in [5.41, 5.74) is 0.617. The Morgan fingerprint density at radius 3 is 2.38 bits per heavy atom. The minimum absolute atomic E-state index is 0.126. The van der Waals surface area contributed by atoms with Crippen molar-refractivity contribution in [1.82, 2.24) is 9.97 Å². The topological polar surface area (TPSA) is 86.9 Å². The molecule has 0 radical (unpaired) electrons. The highest BCUT2D eigenvalue weighted by atomic mass is 35.5. The predicted molar refractivity (Wildman–Crippen MR) is 124 cm³/mol. The lowest BCUT2D eigenvalue weighted by molar-refractivity contribution is -0.137. The fraction of sp³-hybridized carbons (Fsp3) is 0.125. The average molecular weight is 487 g/mol. The molecule has 2 amide bonds. The quantitative estimate of drug-likeness (QED) is 0.314. The average Bonchev–Trinajstić information content (AvgIpc) is 3.15. The molecule has 0 aliphatic carbocycles. The third-order valence-electron chi connectivity index (χ3n) is 5.20. The number of benzene rings is 3. The second-order valence-electron chi connectivity index (χ2n) is 7.61. The number of hydrogen-bond donors (Lipinski definition) is 3. The van der Waals surface area contributed by atoms with E-state index in [4.69, 9.17) is 11.6 Å². The molecule has 4 aromatic rings. The van der Waals surface area contributed by atoms with E-state index in [0.717, 1.165) is 12.1 Å². The van der Waals surface area contributed by atoms with Crippen LogP contribution in [-0.2, 0) is 6.18 Å². The van der Waals surface area contributed by atoms with Gasteiger partial charge < -0.3 is 15.6 Å². The Labute approximate surface area is 197 Å². The van der Waals surface area contributed by atoms with Crippen LogP contribution in [0, 0.1) is 13.8 Å². The Morgan fingerprint density at radius 1 is 0.941 bits per heavy atom. The first-order valence-corrected chi connectivity index (χ1v) is 10.5. The van der Waals surface area contributed by atoms with Gasteiger partial charge in [-0.25, -0.2) is 4.98 Å². The van der Waals surface area contributed by atoms with E-state index in [9.17, 15) is 22.8 Å². The van der Waals surface area contributed by atoms with E-state index in [1.54, 1.807) is 32.0 Å². The number of alkyl halides is 3. The number of hydrogen-bond acceptors (Lipinski definition) is 3. The number of nitrogens with one attached hydrogen (secondary N) is 3. The first-order chi connectivity index (χ1) is 16.0. The third-order valence-corrected chi connectivity index (χ3v) is 5.61. The van der Waals surface area contributed by atoms with E-state index in [1.807, 2.05) is 0 Å². The van der Waals surface area contributed by atoms with Gasteiger partial charge in [0.25, 0.3) is 11.8 Å². The highest BCUT2D eigenvalue weighted by molar-refractivity contribution is 6.31. The van der Waals surface area contributed by atoms with Gasteiger partial charge in [-0.2, -0.15) is 13.2 Å². The van der Waals surface area contributed by atoms with Crippen LogP contribution in [0.15, 0.2) is 54.6 Å². The van der Waals surface area contributed by atoms with Crippen molar-refractivity contribution in [2.24, 2.45) is 0 Å². The van der Waals surface area contributed by atoms with Crippen LogP contribution in [0.5, 0.6) is 0 Å². The summed E-state index contributed by atoms with van der Waals surface area (Å²) >= 11 is 6.13. The lowest BCUT2D eigenvalue weighted by Crippen LogP contribution is -2.19. The second kappa shape index (κ2) is 8.83. The Balaban J connectivity index is 1.71. The highest BCUT2D eigenvalue weighted by Gasteiger charge is 2.35. The molecule has 0 fully saturated rings. The molecule has 10 heteroatoms. The normalized spacial score (nSPS) is 11.5. The number of nitrogens with zero attached hydrogens (tertiary/aromatic N) is 1. The van der Waals surface area contributed by atoms with Crippen molar-refractivity contribution in [1.29, 1.82) is 0 Å². The molecular weight excluding hydrogens is 469 g/mol. The lowest BCUT2D eigenvalue weighted by atomic mass is 10.1. The van der Waals surface area contributed by atoms with Gasteiger partial charge in [-0.1, -0.05) is 29.8 Å².